The van der Waals surface area contributed by atoms with Gasteiger partial charge in [-0.2, -0.15) is 0 Å². The Morgan fingerprint density at radius 3 is 2.85 bits per heavy atom. The Morgan fingerprint density at radius 2 is 2.05 bits per heavy atom. The number of aryl methyl sites for hydroxylation is 1. The van der Waals surface area contributed by atoms with E-state index in [1.54, 1.807) is 12.4 Å². The van der Waals surface area contributed by atoms with E-state index >= 15 is 0 Å². The molecule has 0 spiro atoms. The van der Waals surface area contributed by atoms with Crippen molar-refractivity contribution in [3.63, 3.8) is 0 Å². The van der Waals surface area contributed by atoms with Crippen molar-refractivity contribution < 1.29 is 0 Å². The van der Waals surface area contributed by atoms with Crippen molar-refractivity contribution in [3.05, 3.63) is 57.8 Å². The molecule has 3 aromatic rings. The van der Waals surface area contributed by atoms with E-state index in [0.717, 1.165) is 32.4 Å². The third-order valence-electron chi connectivity index (χ3n) is 3.03. The molecule has 3 rings (SSSR count). The molecule has 0 aliphatic heterocycles. The maximum atomic E-state index is 6.25. The van der Waals surface area contributed by atoms with Crippen molar-refractivity contribution in [2.45, 2.75) is 6.92 Å². The molecule has 0 aliphatic carbocycles. The van der Waals surface area contributed by atoms with Crippen LogP contribution in [0.25, 0.3) is 11.0 Å². The average Bonchev–Trinajstić information content (AvgIpc) is 2.42. The smallest absolute Gasteiger partial charge is 0.112 e. The van der Waals surface area contributed by atoms with Gasteiger partial charge in [0.05, 0.1) is 21.9 Å². The second-order valence-corrected chi connectivity index (χ2v) is 5.76. The molecule has 20 heavy (non-hydrogen) atoms. The molecule has 100 valence electrons. The zero-order chi connectivity index (χ0) is 14.1. The summed E-state index contributed by atoms with van der Waals surface area (Å²) in [5.74, 6) is 0. The molecular weight excluding hydrogens is 338 g/mol. The minimum Gasteiger partial charge on any atom is -0.352 e. The molecule has 0 radical (unpaired) electrons. The molecule has 3 nitrogen and oxygen atoms in total. The molecule has 0 atom stereocenters. The van der Waals surface area contributed by atoms with Gasteiger partial charge in [-0.1, -0.05) is 23.7 Å². The van der Waals surface area contributed by atoms with Crippen LogP contribution in [0.15, 0.2) is 47.2 Å². The van der Waals surface area contributed by atoms with Gasteiger partial charge in [0.15, 0.2) is 0 Å². The average molecular weight is 349 g/mol. The van der Waals surface area contributed by atoms with Gasteiger partial charge in [0.2, 0.25) is 0 Å². The van der Waals surface area contributed by atoms with Gasteiger partial charge in [-0.25, -0.2) is 0 Å². The van der Waals surface area contributed by atoms with Gasteiger partial charge in [-0.05, 0) is 46.6 Å². The van der Waals surface area contributed by atoms with E-state index in [9.17, 15) is 0 Å². The maximum absolute atomic E-state index is 6.25. The number of anilines is 2. The van der Waals surface area contributed by atoms with Gasteiger partial charge in [-0.15, -0.1) is 0 Å². The topological polar surface area (TPSA) is 37.8 Å². The van der Waals surface area contributed by atoms with E-state index in [1.807, 2.05) is 37.3 Å². The Kier molecular flexibility index (Phi) is 3.59. The lowest BCUT2D eigenvalue weighted by Gasteiger charge is -2.12. The Hall–Kier alpha value is -1.65. The third-order valence-corrected chi connectivity index (χ3v) is 3.77. The summed E-state index contributed by atoms with van der Waals surface area (Å²) in [6.07, 6.45) is 3.51. The Morgan fingerprint density at radius 1 is 1.20 bits per heavy atom. The fourth-order valence-electron chi connectivity index (χ4n) is 2.03. The lowest BCUT2D eigenvalue weighted by molar-refractivity contribution is 1.31. The van der Waals surface area contributed by atoms with E-state index in [0.29, 0.717) is 5.02 Å². The van der Waals surface area contributed by atoms with Crippen LogP contribution in [0.5, 0.6) is 0 Å². The predicted molar refractivity (Wildman–Crippen MR) is 86.7 cm³/mol. The van der Waals surface area contributed by atoms with Gasteiger partial charge < -0.3 is 5.32 Å². The molecule has 1 N–H and O–H groups in total. The highest BCUT2D eigenvalue weighted by Crippen LogP contribution is 2.31. The zero-order valence-electron chi connectivity index (χ0n) is 10.7. The van der Waals surface area contributed by atoms with Crippen LogP contribution in [0, 0.1) is 6.92 Å². The fourth-order valence-corrected chi connectivity index (χ4v) is 2.62. The molecule has 0 unspecified atom stereocenters. The van der Waals surface area contributed by atoms with Crippen molar-refractivity contribution in [1.82, 2.24) is 9.97 Å². The standard InChI is InChI=1S/C15H11BrClN3/c1-9-3-2-4-11(17)14(9)20-12-5-6-18-13-7-10(16)8-19-15(12)13/h2-8H,1H3,(H,18,20). The third kappa shape index (κ3) is 2.49. The molecule has 5 heteroatoms. The Bertz CT molecular complexity index is 769. The van der Waals surface area contributed by atoms with Gasteiger partial charge in [-0.3, -0.25) is 9.97 Å². The number of halogens is 2. The van der Waals surface area contributed by atoms with E-state index < -0.39 is 0 Å². The van der Waals surface area contributed by atoms with Crippen LogP contribution >= 0.6 is 27.5 Å². The highest BCUT2D eigenvalue weighted by Gasteiger charge is 2.08. The number of rotatable bonds is 2. The molecule has 0 saturated carbocycles. The van der Waals surface area contributed by atoms with Gasteiger partial charge in [0, 0.05) is 16.9 Å². The van der Waals surface area contributed by atoms with Crippen molar-refractivity contribution >= 4 is 49.9 Å². The first kappa shape index (κ1) is 13.3. The van der Waals surface area contributed by atoms with E-state index in [4.69, 9.17) is 11.6 Å². The summed E-state index contributed by atoms with van der Waals surface area (Å²) in [7, 11) is 0. The summed E-state index contributed by atoms with van der Waals surface area (Å²) < 4.78 is 0.906. The van der Waals surface area contributed by atoms with E-state index in [2.05, 4.69) is 31.2 Å². The van der Waals surface area contributed by atoms with Crippen molar-refractivity contribution in [3.8, 4) is 0 Å². The molecule has 0 saturated heterocycles. The fraction of sp³-hybridized carbons (Fsp3) is 0.0667. The number of hydrogen-bond donors (Lipinski definition) is 1. The van der Waals surface area contributed by atoms with Crippen LogP contribution in [-0.4, -0.2) is 9.97 Å². The number of pyridine rings is 2. The first-order chi connectivity index (χ1) is 9.65. The Balaban J connectivity index is 2.11. The van der Waals surface area contributed by atoms with Gasteiger partial charge in [0.25, 0.3) is 0 Å². The number of benzene rings is 1. The molecular formula is C15H11BrClN3. The van der Waals surface area contributed by atoms with Gasteiger partial charge >= 0.3 is 0 Å². The second kappa shape index (κ2) is 5.38. The monoisotopic (exact) mass is 347 g/mol. The second-order valence-electron chi connectivity index (χ2n) is 4.44. The van der Waals surface area contributed by atoms with E-state index in [-0.39, 0.29) is 0 Å². The Labute approximate surface area is 130 Å². The summed E-state index contributed by atoms with van der Waals surface area (Å²) in [4.78, 5) is 8.74. The minimum absolute atomic E-state index is 0.687. The van der Waals surface area contributed by atoms with Crippen LogP contribution in [-0.2, 0) is 0 Å². The highest BCUT2D eigenvalue weighted by molar-refractivity contribution is 9.10. The molecule has 2 aromatic heterocycles. The van der Waals surface area contributed by atoms with Crippen LogP contribution < -0.4 is 5.32 Å². The highest BCUT2D eigenvalue weighted by atomic mass is 79.9. The van der Waals surface area contributed by atoms with Crippen LogP contribution in [0.4, 0.5) is 11.4 Å². The summed E-state index contributed by atoms with van der Waals surface area (Å²) >= 11 is 9.65. The number of aromatic nitrogens is 2. The molecule has 0 fully saturated rings. The molecule has 0 amide bonds. The summed E-state index contributed by atoms with van der Waals surface area (Å²) in [5, 5.41) is 4.04. The first-order valence-electron chi connectivity index (χ1n) is 6.07. The zero-order valence-corrected chi connectivity index (χ0v) is 13.0. The van der Waals surface area contributed by atoms with Crippen molar-refractivity contribution in [2.75, 3.05) is 5.32 Å². The normalized spacial score (nSPS) is 10.8. The number of fused-ring (bicyclic) bond motifs is 1. The number of nitrogens with zero attached hydrogens (tertiary/aromatic N) is 2. The number of para-hydroxylation sites is 1. The number of hydrogen-bond acceptors (Lipinski definition) is 3. The summed E-state index contributed by atoms with van der Waals surface area (Å²) in [5.41, 5.74) is 4.51. The van der Waals surface area contributed by atoms with Crippen LogP contribution in [0.2, 0.25) is 5.02 Å². The van der Waals surface area contributed by atoms with E-state index in [1.165, 1.54) is 0 Å². The summed E-state index contributed by atoms with van der Waals surface area (Å²) in [6.45, 7) is 2.02. The quantitative estimate of drug-likeness (QED) is 0.700. The van der Waals surface area contributed by atoms with Crippen molar-refractivity contribution in [2.24, 2.45) is 0 Å². The number of nitrogens with one attached hydrogen (secondary N) is 1. The molecule has 0 bridgehead atoms. The van der Waals surface area contributed by atoms with Crippen molar-refractivity contribution in [1.29, 1.82) is 0 Å². The van der Waals surface area contributed by atoms with Gasteiger partial charge in [0.1, 0.15) is 5.52 Å². The largest absolute Gasteiger partial charge is 0.352 e. The lowest BCUT2D eigenvalue weighted by Crippen LogP contribution is -1.97. The molecule has 2 heterocycles. The summed E-state index contributed by atoms with van der Waals surface area (Å²) in [6, 6.07) is 9.65. The van der Waals surface area contributed by atoms with Crippen LogP contribution in [0.3, 0.4) is 0 Å². The first-order valence-corrected chi connectivity index (χ1v) is 7.24. The lowest BCUT2D eigenvalue weighted by atomic mass is 10.2. The maximum Gasteiger partial charge on any atom is 0.112 e. The SMILES string of the molecule is Cc1cccc(Cl)c1Nc1ccnc2cc(Br)cnc12. The molecule has 0 aliphatic rings. The van der Waals surface area contributed by atoms with Crippen LogP contribution in [0.1, 0.15) is 5.56 Å². The molecule has 1 aromatic carbocycles. The minimum atomic E-state index is 0.687. The predicted octanol–water partition coefficient (Wildman–Crippen LogP) is 5.10.